The van der Waals surface area contributed by atoms with Crippen molar-refractivity contribution in [1.29, 1.82) is 5.26 Å². The van der Waals surface area contributed by atoms with E-state index in [0.29, 0.717) is 40.0 Å². The van der Waals surface area contributed by atoms with Gasteiger partial charge in [0.1, 0.15) is 5.82 Å². The van der Waals surface area contributed by atoms with Gasteiger partial charge in [0.05, 0.1) is 22.7 Å². The van der Waals surface area contributed by atoms with Gasteiger partial charge in [-0.05, 0) is 104 Å². The minimum atomic E-state index is 0.0601. The molecule has 3 heterocycles. The summed E-state index contributed by atoms with van der Waals surface area (Å²) in [5.41, 5.74) is 5.02. The topological polar surface area (TPSA) is 72.3 Å². The van der Waals surface area contributed by atoms with E-state index in [0.717, 1.165) is 66.6 Å². The number of benzene rings is 3. The number of likely N-dealkylation sites (tertiary alicyclic amines) is 2. The third kappa shape index (κ3) is 6.24. The highest BCUT2D eigenvalue weighted by Gasteiger charge is 2.32. The Morgan fingerprint density at radius 1 is 0.952 bits per heavy atom. The molecule has 2 aliphatic rings. The maximum absolute atomic E-state index is 14.3. The zero-order valence-corrected chi connectivity index (χ0v) is 25.0. The van der Waals surface area contributed by atoms with Crippen LogP contribution in [0, 0.1) is 11.3 Å². The third-order valence-electron chi connectivity index (χ3n) is 8.41. The molecule has 1 unspecified atom stereocenters. The first-order valence-electron chi connectivity index (χ1n) is 14.6. The summed E-state index contributed by atoms with van der Waals surface area (Å²) in [5, 5.41) is 14.7. The van der Waals surface area contributed by atoms with E-state index in [1.165, 1.54) is 12.8 Å². The van der Waals surface area contributed by atoms with E-state index in [9.17, 15) is 10.1 Å². The predicted molar refractivity (Wildman–Crippen MR) is 170 cm³/mol. The Hall–Kier alpha value is -3.63. The number of anilines is 1. The average Bonchev–Trinajstić information content (AvgIpc) is 3.70. The Morgan fingerprint density at radius 2 is 1.74 bits per heavy atom. The second kappa shape index (κ2) is 12.7. The van der Waals surface area contributed by atoms with Crippen molar-refractivity contribution in [3.05, 3.63) is 93.5 Å². The number of carbonyl (C=O) groups excluding carboxylic acids is 1. The average molecular weight is 599 g/mol. The van der Waals surface area contributed by atoms with Crippen LogP contribution in [0.1, 0.15) is 47.2 Å². The number of nitrogens with one attached hydrogen (secondary N) is 1. The number of rotatable bonds is 8. The van der Waals surface area contributed by atoms with E-state index in [1.54, 1.807) is 6.07 Å². The van der Waals surface area contributed by atoms with E-state index in [2.05, 4.69) is 27.3 Å². The number of fused-ring (bicyclic) bond motifs is 1. The zero-order valence-electron chi connectivity index (χ0n) is 23.5. The van der Waals surface area contributed by atoms with Crippen LogP contribution < -0.4 is 5.32 Å². The first-order valence-corrected chi connectivity index (χ1v) is 15.4. The number of aromatic nitrogens is 1. The number of carbonyl (C=O) groups is 1. The second-order valence-corrected chi connectivity index (χ2v) is 12.0. The zero-order chi connectivity index (χ0) is 29.1. The number of halogens is 2. The highest BCUT2D eigenvalue weighted by atomic mass is 35.5. The summed E-state index contributed by atoms with van der Waals surface area (Å²) in [6, 6.07) is 23.4. The van der Waals surface area contributed by atoms with Crippen molar-refractivity contribution >= 4 is 45.8 Å². The van der Waals surface area contributed by atoms with Crippen LogP contribution >= 0.6 is 23.2 Å². The fraction of sp³-hybridized carbons (Fsp3) is 0.324. The number of hydrogen-bond acceptors (Lipinski definition) is 5. The molecule has 0 aliphatic carbocycles. The Balaban J connectivity index is 1.32. The van der Waals surface area contributed by atoms with Crippen molar-refractivity contribution in [3.8, 4) is 17.2 Å². The Labute approximate surface area is 256 Å². The first-order chi connectivity index (χ1) is 20.5. The Bertz CT molecular complexity index is 1640. The van der Waals surface area contributed by atoms with Crippen molar-refractivity contribution in [2.75, 3.05) is 38.0 Å². The van der Waals surface area contributed by atoms with Crippen LogP contribution in [0.25, 0.3) is 22.0 Å². The fourth-order valence-corrected chi connectivity index (χ4v) is 6.67. The van der Waals surface area contributed by atoms with Crippen LogP contribution in [0.5, 0.6) is 0 Å². The SMILES string of the molecule is N#Cc1ccc(-c2ccc3nc(NCCc4ccc(Cl)cc4Cl)cc(C(=O)N4CCCC4CN4CCCC4)c3c2)cc1. The summed E-state index contributed by atoms with van der Waals surface area (Å²) in [7, 11) is 0. The van der Waals surface area contributed by atoms with Crippen LogP contribution in [-0.2, 0) is 6.42 Å². The minimum absolute atomic E-state index is 0.0601. The van der Waals surface area contributed by atoms with Crippen molar-refractivity contribution in [3.63, 3.8) is 0 Å². The van der Waals surface area contributed by atoms with Crippen LogP contribution in [0.15, 0.2) is 66.7 Å². The predicted octanol–water partition coefficient (Wildman–Crippen LogP) is 7.44. The van der Waals surface area contributed by atoms with E-state index >= 15 is 0 Å². The monoisotopic (exact) mass is 597 g/mol. The van der Waals surface area contributed by atoms with Gasteiger partial charge < -0.3 is 15.1 Å². The molecular weight excluding hydrogens is 565 g/mol. The van der Waals surface area contributed by atoms with Crippen molar-refractivity contribution in [2.24, 2.45) is 0 Å². The molecule has 6 nitrogen and oxygen atoms in total. The van der Waals surface area contributed by atoms with Gasteiger partial charge in [-0.3, -0.25) is 4.79 Å². The van der Waals surface area contributed by atoms with E-state index in [-0.39, 0.29) is 11.9 Å². The van der Waals surface area contributed by atoms with Crippen molar-refractivity contribution in [1.82, 2.24) is 14.8 Å². The molecule has 1 atom stereocenters. The minimum Gasteiger partial charge on any atom is -0.370 e. The van der Waals surface area contributed by atoms with Crippen LogP contribution in [0.2, 0.25) is 10.0 Å². The molecule has 1 aromatic heterocycles. The second-order valence-electron chi connectivity index (χ2n) is 11.2. The van der Waals surface area contributed by atoms with Crippen molar-refractivity contribution in [2.45, 2.75) is 38.1 Å². The molecule has 6 rings (SSSR count). The molecule has 2 aliphatic heterocycles. The van der Waals surface area contributed by atoms with E-state index < -0.39 is 0 Å². The smallest absolute Gasteiger partial charge is 0.254 e. The lowest BCUT2D eigenvalue weighted by Gasteiger charge is -2.29. The normalized spacial score (nSPS) is 17.1. The number of nitriles is 1. The highest BCUT2D eigenvalue weighted by molar-refractivity contribution is 6.35. The summed E-state index contributed by atoms with van der Waals surface area (Å²) >= 11 is 12.5. The van der Waals surface area contributed by atoms with Gasteiger partial charge in [0.25, 0.3) is 5.91 Å². The lowest BCUT2D eigenvalue weighted by atomic mass is 9.99. The Morgan fingerprint density at radius 3 is 2.50 bits per heavy atom. The first kappa shape index (κ1) is 28.5. The summed E-state index contributed by atoms with van der Waals surface area (Å²) in [5.74, 6) is 0.724. The van der Waals surface area contributed by atoms with Crippen LogP contribution in [0.3, 0.4) is 0 Å². The van der Waals surface area contributed by atoms with Gasteiger partial charge in [-0.2, -0.15) is 5.26 Å². The molecule has 2 saturated heterocycles. The molecule has 1 amide bonds. The number of amides is 1. The molecule has 8 heteroatoms. The molecule has 42 heavy (non-hydrogen) atoms. The Kier molecular flexibility index (Phi) is 8.62. The molecule has 0 radical (unpaired) electrons. The quantitative estimate of drug-likeness (QED) is 0.228. The molecular formula is C34H33Cl2N5O. The molecule has 0 spiro atoms. The third-order valence-corrected chi connectivity index (χ3v) is 8.99. The summed E-state index contributed by atoms with van der Waals surface area (Å²) in [6.45, 7) is 4.57. The van der Waals surface area contributed by atoms with Gasteiger partial charge in [-0.1, -0.05) is 47.5 Å². The number of hydrogen-bond donors (Lipinski definition) is 1. The standard InChI is InChI=1S/C34H33Cl2N5O/c35-27-11-9-25(31(36)19-27)13-14-38-33-20-30(34(42)41-17-3-4-28(41)22-40-15-1-2-16-40)29-18-26(10-12-32(29)39-33)24-7-5-23(21-37)6-8-24/h5-12,18-20,28H,1-4,13-17,22H2,(H,38,39). The van der Waals surface area contributed by atoms with Gasteiger partial charge in [-0.25, -0.2) is 4.98 Å². The molecule has 1 N–H and O–H groups in total. The molecule has 0 bridgehead atoms. The fourth-order valence-electron chi connectivity index (χ4n) is 6.17. The lowest BCUT2D eigenvalue weighted by Crippen LogP contribution is -2.42. The summed E-state index contributed by atoms with van der Waals surface area (Å²) in [6.07, 6.45) is 5.24. The molecule has 4 aromatic rings. The molecule has 0 saturated carbocycles. The largest absolute Gasteiger partial charge is 0.370 e. The lowest BCUT2D eigenvalue weighted by molar-refractivity contribution is 0.0710. The van der Waals surface area contributed by atoms with Gasteiger partial charge >= 0.3 is 0 Å². The summed E-state index contributed by atoms with van der Waals surface area (Å²) < 4.78 is 0. The molecule has 3 aromatic carbocycles. The van der Waals surface area contributed by atoms with Gasteiger partial charge in [0.2, 0.25) is 0 Å². The number of nitrogens with zero attached hydrogens (tertiary/aromatic N) is 4. The van der Waals surface area contributed by atoms with Crippen LogP contribution in [-0.4, -0.2) is 59.5 Å². The van der Waals surface area contributed by atoms with Gasteiger partial charge in [-0.15, -0.1) is 0 Å². The molecule has 214 valence electrons. The van der Waals surface area contributed by atoms with E-state index in [4.69, 9.17) is 28.2 Å². The van der Waals surface area contributed by atoms with Gasteiger partial charge in [0, 0.05) is 41.1 Å². The maximum Gasteiger partial charge on any atom is 0.254 e. The summed E-state index contributed by atoms with van der Waals surface area (Å²) in [4.78, 5) is 23.8. The van der Waals surface area contributed by atoms with Gasteiger partial charge in [0.15, 0.2) is 0 Å². The van der Waals surface area contributed by atoms with Crippen LogP contribution in [0.4, 0.5) is 5.82 Å². The molecule has 2 fully saturated rings. The van der Waals surface area contributed by atoms with E-state index in [1.807, 2.05) is 54.6 Å². The maximum atomic E-state index is 14.3. The number of pyridine rings is 1. The highest BCUT2D eigenvalue weighted by Crippen LogP contribution is 2.31. The van der Waals surface area contributed by atoms with Crippen molar-refractivity contribution < 1.29 is 4.79 Å².